The van der Waals surface area contributed by atoms with Crippen molar-refractivity contribution in [3.05, 3.63) is 70.3 Å². The summed E-state index contributed by atoms with van der Waals surface area (Å²) >= 11 is 0. The summed E-state index contributed by atoms with van der Waals surface area (Å²) in [7, 11) is 1.67. The van der Waals surface area contributed by atoms with Gasteiger partial charge < -0.3 is 5.32 Å². The largest absolute Gasteiger partial charge is 0.394 e. The van der Waals surface area contributed by atoms with Gasteiger partial charge in [-0.25, -0.2) is 4.68 Å². The van der Waals surface area contributed by atoms with Gasteiger partial charge in [0, 0.05) is 31.6 Å². The van der Waals surface area contributed by atoms with Gasteiger partial charge in [-0.1, -0.05) is 25.6 Å². The quantitative estimate of drug-likeness (QED) is 0.690. The number of rotatable bonds is 4. The molecule has 0 spiro atoms. The molecule has 0 radical (unpaired) electrons. The van der Waals surface area contributed by atoms with E-state index in [-0.39, 0.29) is 18.5 Å². The highest BCUT2D eigenvalue weighted by Crippen LogP contribution is 2.11. The zero-order valence-corrected chi connectivity index (χ0v) is 11.3. The second-order valence-corrected chi connectivity index (χ2v) is 4.25. The highest BCUT2D eigenvalue weighted by atomic mass is 16.1. The number of para-hydroxylation sites is 1. The van der Waals surface area contributed by atoms with Crippen molar-refractivity contribution in [1.29, 1.82) is 0 Å². The van der Waals surface area contributed by atoms with E-state index in [1.165, 1.54) is 23.0 Å². The molecule has 0 fully saturated rings. The van der Waals surface area contributed by atoms with Crippen LogP contribution in [-0.4, -0.2) is 22.6 Å². The fourth-order valence-electron chi connectivity index (χ4n) is 1.77. The Balaban J connectivity index is 0.00000220. The Bertz CT molecular complexity index is 717. The Kier molecular flexibility index (Phi) is 5.60. The molecule has 0 unspecified atom stereocenters. The summed E-state index contributed by atoms with van der Waals surface area (Å²) in [6.45, 7) is 1.94. The zero-order valence-electron chi connectivity index (χ0n) is 11.3. The number of nitrogens with zero attached hydrogens (tertiary/aromatic N) is 2. The maximum absolute atomic E-state index is 11.9. The van der Waals surface area contributed by atoms with Crippen molar-refractivity contribution in [2.24, 2.45) is 0 Å². The Labute approximate surface area is 123 Å². The molecule has 5 heteroatoms. The van der Waals surface area contributed by atoms with Crippen molar-refractivity contribution in [3.8, 4) is 5.69 Å². The fraction of sp³-hybridized carbons (Fsp3) is 0.188. The molecule has 0 saturated heterocycles. The van der Waals surface area contributed by atoms with E-state index >= 15 is 0 Å². The number of carbonyl (C=O) groups is 1. The molecule has 2 rings (SSSR count). The topological polar surface area (TPSA) is 64.0 Å². The fourth-order valence-corrected chi connectivity index (χ4v) is 1.77. The SMILES string of the molecule is C.CNC=CC(=O)c1nn(-c2ccccc2C)ccc1=O. The molecule has 0 amide bonds. The van der Waals surface area contributed by atoms with E-state index in [9.17, 15) is 9.59 Å². The Morgan fingerprint density at radius 3 is 2.67 bits per heavy atom. The minimum absolute atomic E-state index is 0. The summed E-state index contributed by atoms with van der Waals surface area (Å²) in [5.74, 6) is -0.424. The third-order valence-electron chi connectivity index (χ3n) is 2.81. The van der Waals surface area contributed by atoms with Crippen molar-refractivity contribution >= 4 is 5.78 Å². The number of aryl methyl sites for hydroxylation is 1. The maximum atomic E-state index is 11.9. The Hall–Kier alpha value is -2.69. The Morgan fingerprint density at radius 1 is 1.29 bits per heavy atom. The first-order valence-corrected chi connectivity index (χ1v) is 6.17. The number of carbonyl (C=O) groups excluding carboxylic acids is 1. The van der Waals surface area contributed by atoms with Gasteiger partial charge in [-0.3, -0.25) is 9.59 Å². The van der Waals surface area contributed by atoms with Crippen molar-refractivity contribution in [2.75, 3.05) is 7.05 Å². The van der Waals surface area contributed by atoms with Crippen LogP contribution in [0.4, 0.5) is 0 Å². The van der Waals surface area contributed by atoms with Gasteiger partial charge in [0.1, 0.15) is 0 Å². The number of benzene rings is 1. The van der Waals surface area contributed by atoms with Gasteiger partial charge in [0.15, 0.2) is 5.69 Å². The van der Waals surface area contributed by atoms with Gasteiger partial charge in [0.05, 0.1) is 5.69 Å². The standard InChI is InChI=1S/C15H15N3O2.CH4/c1-11-5-3-4-6-12(11)18-10-8-14(20)15(17-18)13(19)7-9-16-2;/h3-10,16H,1-2H3;1H4. The first-order valence-electron chi connectivity index (χ1n) is 6.17. The molecule has 0 aliphatic heterocycles. The average Bonchev–Trinajstić information content (AvgIpc) is 2.46. The molecule has 0 aliphatic carbocycles. The van der Waals surface area contributed by atoms with E-state index in [1.54, 1.807) is 13.2 Å². The highest BCUT2D eigenvalue weighted by Gasteiger charge is 2.11. The van der Waals surface area contributed by atoms with Crippen LogP contribution >= 0.6 is 0 Å². The molecule has 21 heavy (non-hydrogen) atoms. The number of allylic oxidation sites excluding steroid dienone is 1. The summed E-state index contributed by atoms with van der Waals surface area (Å²) in [4.78, 5) is 23.6. The van der Waals surface area contributed by atoms with E-state index in [0.29, 0.717) is 0 Å². The van der Waals surface area contributed by atoms with Crippen molar-refractivity contribution in [3.63, 3.8) is 0 Å². The summed E-state index contributed by atoms with van der Waals surface area (Å²) in [5.41, 5.74) is 1.36. The molecule has 110 valence electrons. The van der Waals surface area contributed by atoms with Gasteiger partial charge >= 0.3 is 0 Å². The maximum Gasteiger partial charge on any atom is 0.211 e. The van der Waals surface area contributed by atoms with Gasteiger partial charge in [-0.05, 0) is 18.6 Å². The lowest BCUT2D eigenvalue weighted by Crippen LogP contribution is -2.20. The van der Waals surface area contributed by atoms with Crippen molar-refractivity contribution in [2.45, 2.75) is 14.4 Å². The van der Waals surface area contributed by atoms with Crippen LogP contribution in [-0.2, 0) is 0 Å². The zero-order chi connectivity index (χ0) is 14.5. The smallest absolute Gasteiger partial charge is 0.211 e. The average molecular weight is 285 g/mol. The number of hydrogen-bond acceptors (Lipinski definition) is 4. The highest BCUT2D eigenvalue weighted by molar-refractivity contribution is 6.02. The molecule has 0 aliphatic rings. The van der Waals surface area contributed by atoms with Crippen molar-refractivity contribution < 1.29 is 4.79 Å². The second-order valence-electron chi connectivity index (χ2n) is 4.25. The lowest BCUT2D eigenvalue weighted by molar-refractivity contribution is 0.103. The van der Waals surface area contributed by atoms with Gasteiger partial charge in [-0.2, -0.15) is 5.10 Å². The number of aromatic nitrogens is 2. The molecular formula is C16H19N3O2. The van der Waals surface area contributed by atoms with Crippen LogP contribution in [0, 0.1) is 6.92 Å². The van der Waals surface area contributed by atoms with Crippen LogP contribution in [0.1, 0.15) is 23.5 Å². The van der Waals surface area contributed by atoms with E-state index < -0.39 is 5.78 Å². The van der Waals surface area contributed by atoms with Gasteiger partial charge in [0.2, 0.25) is 11.2 Å². The molecule has 1 aromatic heterocycles. The van der Waals surface area contributed by atoms with Crippen LogP contribution < -0.4 is 10.7 Å². The number of hydrogen-bond donors (Lipinski definition) is 1. The molecule has 1 aromatic carbocycles. The van der Waals surface area contributed by atoms with Crippen LogP contribution in [0.25, 0.3) is 5.69 Å². The van der Waals surface area contributed by atoms with Crippen LogP contribution in [0.15, 0.2) is 53.6 Å². The number of ketones is 1. The minimum atomic E-state index is -0.424. The first kappa shape index (κ1) is 16.4. The van der Waals surface area contributed by atoms with E-state index in [1.807, 2.05) is 31.2 Å². The monoisotopic (exact) mass is 285 g/mol. The minimum Gasteiger partial charge on any atom is -0.394 e. The van der Waals surface area contributed by atoms with E-state index in [0.717, 1.165) is 11.3 Å². The van der Waals surface area contributed by atoms with Gasteiger partial charge in [-0.15, -0.1) is 0 Å². The molecule has 0 atom stereocenters. The third kappa shape index (κ3) is 3.66. The van der Waals surface area contributed by atoms with Crippen LogP contribution in [0.5, 0.6) is 0 Å². The second kappa shape index (κ2) is 7.19. The number of nitrogens with one attached hydrogen (secondary N) is 1. The Morgan fingerprint density at radius 2 is 2.00 bits per heavy atom. The lowest BCUT2D eigenvalue weighted by atomic mass is 10.2. The van der Waals surface area contributed by atoms with E-state index in [2.05, 4.69) is 10.4 Å². The molecular weight excluding hydrogens is 266 g/mol. The summed E-state index contributed by atoms with van der Waals surface area (Å²) < 4.78 is 1.54. The van der Waals surface area contributed by atoms with Crippen molar-refractivity contribution in [1.82, 2.24) is 15.1 Å². The molecule has 0 saturated carbocycles. The van der Waals surface area contributed by atoms with Gasteiger partial charge in [0.25, 0.3) is 0 Å². The first-order chi connectivity index (χ1) is 9.63. The predicted octanol–water partition coefficient (Wildman–Crippen LogP) is 2.09. The summed E-state index contributed by atoms with van der Waals surface area (Å²) in [6, 6.07) is 8.97. The third-order valence-corrected chi connectivity index (χ3v) is 2.81. The van der Waals surface area contributed by atoms with Crippen LogP contribution in [0.3, 0.4) is 0 Å². The molecule has 0 bridgehead atoms. The van der Waals surface area contributed by atoms with Crippen LogP contribution in [0.2, 0.25) is 0 Å². The molecule has 2 aromatic rings. The summed E-state index contributed by atoms with van der Waals surface area (Å²) in [5, 5.41) is 6.84. The molecule has 5 nitrogen and oxygen atoms in total. The predicted molar refractivity (Wildman–Crippen MR) is 83.8 cm³/mol. The molecule has 1 N–H and O–H groups in total. The normalized spacial score (nSPS) is 10.2. The lowest BCUT2D eigenvalue weighted by Gasteiger charge is -2.08. The van der Waals surface area contributed by atoms with E-state index in [4.69, 9.17) is 0 Å². The summed E-state index contributed by atoms with van der Waals surface area (Å²) in [6.07, 6.45) is 4.31. The molecule has 1 heterocycles.